The molecule has 2 aliphatic rings. The Kier molecular flexibility index (Phi) is 4.66. The highest BCUT2D eigenvalue weighted by atomic mass is 16.4. The summed E-state index contributed by atoms with van der Waals surface area (Å²) < 4.78 is 0. The highest BCUT2D eigenvalue weighted by Crippen LogP contribution is 2.35. The summed E-state index contributed by atoms with van der Waals surface area (Å²) >= 11 is 0. The van der Waals surface area contributed by atoms with Gasteiger partial charge in [-0.2, -0.15) is 0 Å². The van der Waals surface area contributed by atoms with Crippen molar-refractivity contribution in [1.82, 2.24) is 4.90 Å². The molecule has 3 heteroatoms. The second kappa shape index (κ2) is 6.05. The number of aliphatic carboxylic acids is 1. The van der Waals surface area contributed by atoms with E-state index in [0.29, 0.717) is 0 Å². The smallest absolute Gasteiger partial charge is 0.308 e. The Hall–Kier alpha value is -0.570. The van der Waals surface area contributed by atoms with Gasteiger partial charge in [0.05, 0.1) is 5.92 Å². The molecule has 0 spiro atoms. The van der Waals surface area contributed by atoms with Crippen LogP contribution in [0.4, 0.5) is 0 Å². The minimum absolute atomic E-state index is 0.141. The van der Waals surface area contributed by atoms with Gasteiger partial charge in [-0.25, -0.2) is 0 Å². The maximum Gasteiger partial charge on any atom is 0.308 e. The van der Waals surface area contributed by atoms with Gasteiger partial charge in [0.25, 0.3) is 0 Å². The van der Waals surface area contributed by atoms with Gasteiger partial charge in [0.1, 0.15) is 0 Å². The molecule has 0 saturated heterocycles. The number of carbonyl (C=O) groups is 1. The van der Waals surface area contributed by atoms with Crippen LogP contribution in [-0.4, -0.2) is 35.6 Å². The van der Waals surface area contributed by atoms with Gasteiger partial charge in [0, 0.05) is 12.6 Å². The minimum Gasteiger partial charge on any atom is -0.481 e. The molecule has 3 atom stereocenters. The van der Waals surface area contributed by atoms with Crippen LogP contribution < -0.4 is 0 Å². The van der Waals surface area contributed by atoms with Crippen LogP contribution in [-0.2, 0) is 4.79 Å². The Morgan fingerprint density at radius 3 is 2.44 bits per heavy atom. The van der Waals surface area contributed by atoms with E-state index < -0.39 is 5.97 Å². The molecule has 0 aromatic heterocycles. The van der Waals surface area contributed by atoms with Crippen molar-refractivity contribution >= 4 is 5.97 Å². The molecule has 2 aliphatic carbocycles. The molecule has 3 unspecified atom stereocenters. The van der Waals surface area contributed by atoms with Crippen LogP contribution in [0.1, 0.15) is 51.9 Å². The summed E-state index contributed by atoms with van der Waals surface area (Å²) in [5, 5.41) is 9.40. The van der Waals surface area contributed by atoms with E-state index in [0.717, 1.165) is 37.6 Å². The van der Waals surface area contributed by atoms with Crippen molar-refractivity contribution in [3.8, 4) is 0 Å². The van der Waals surface area contributed by atoms with Gasteiger partial charge in [-0.3, -0.25) is 4.79 Å². The quantitative estimate of drug-likeness (QED) is 0.819. The molecule has 0 amide bonds. The monoisotopic (exact) mass is 253 g/mol. The molecule has 18 heavy (non-hydrogen) atoms. The van der Waals surface area contributed by atoms with E-state index in [1.165, 1.54) is 25.7 Å². The fourth-order valence-electron chi connectivity index (χ4n) is 3.60. The topological polar surface area (TPSA) is 40.5 Å². The molecule has 0 aromatic rings. The summed E-state index contributed by atoms with van der Waals surface area (Å²) in [5.74, 6) is 0.828. The molecule has 1 N–H and O–H groups in total. The number of nitrogens with zero attached hydrogens (tertiary/aromatic N) is 1. The zero-order valence-electron chi connectivity index (χ0n) is 11.8. The first-order chi connectivity index (χ1) is 8.61. The Morgan fingerprint density at radius 1 is 1.22 bits per heavy atom. The summed E-state index contributed by atoms with van der Waals surface area (Å²) in [6, 6.07) is 0.266. The molecule has 2 rings (SSSR count). The van der Waals surface area contributed by atoms with Gasteiger partial charge in [0.15, 0.2) is 0 Å². The van der Waals surface area contributed by atoms with E-state index in [2.05, 4.69) is 18.9 Å². The molecule has 3 nitrogen and oxygen atoms in total. The average molecular weight is 253 g/mol. The lowest BCUT2D eigenvalue weighted by Crippen LogP contribution is -2.47. The van der Waals surface area contributed by atoms with Crippen molar-refractivity contribution in [2.24, 2.45) is 17.8 Å². The predicted octanol–water partition coefficient (Wildman–Crippen LogP) is 3.00. The zero-order chi connectivity index (χ0) is 13.1. The third kappa shape index (κ3) is 3.05. The third-order valence-corrected chi connectivity index (χ3v) is 5.16. The molecule has 0 radical (unpaired) electrons. The van der Waals surface area contributed by atoms with Gasteiger partial charge < -0.3 is 10.0 Å². The first-order valence-electron chi connectivity index (χ1n) is 7.54. The maximum atomic E-state index is 11.4. The third-order valence-electron chi connectivity index (χ3n) is 5.16. The fraction of sp³-hybridized carbons (Fsp3) is 0.933. The number of hydrogen-bond acceptors (Lipinski definition) is 2. The molecule has 0 aromatic carbocycles. The van der Waals surface area contributed by atoms with Gasteiger partial charge >= 0.3 is 5.97 Å². The van der Waals surface area contributed by atoms with Gasteiger partial charge in [-0.1, -0.05) is 19.8 Å². The first kappa shape index (κ1) is 13.9. The van der Waals surface area contributed by atoms with Crippen molar-refractivity contribution < 1.29 is 9.90 Å². The summed E-state index contributed by atoms with van der Waals surface area (Å²) in [6.45, 7) is 3.33. The lowest BCUT2D eigenvalue weighted by molar-refractivity contribution is -0.146. The van der Waals surface area contributed by atoms with Crippen LogP contribution in [0.2, 0.25) is 0 Å². The minimum atomic E-state index is -0.588. The Bertz CT molecular complexity index is 288. The SMILES string of the molecule is CCC1CCC(C(=O)O)C(N(C)CC2CCC2)C1. The van der Waals surface area contributed by atoms with E-state index >= 15 is 0 Å². The van der Waals surface area contributed by atoms with Gasteiger partial charge in [0.2, 0.25) is 0 Å². The fourth-order valence-corrected chi connectivity index (χ4v) is 3.60. The summed E-state index contributed by atoms with van der Waals surface area (Å²) in [7, 11) is 2.14. The van der Waals surface area contributed by atoms with Crippen LogP contribution in [0.15, 0.2) is 0 Å². The zero-order valence-corrected chi connectivity index (χ0v) is 11.8. The number of carboxylic acid groups (broad SMARTS) is 1. The second-order valence-corrected chi connectivity index (χ2v) is 6.34. The van der Waals surface area contributed by atoms with E-state index in [4.69, 9.17) is 0 Å². The van der Waals surface area contributed by atoms with Crippen LogP contribution in [0.5, 0.6) is 0 Å². The standard InChI is InChI=1S/C15H27NO2/c1-3-11-7-8-13(15(17)18)14(9-11)16(2)10-12-5-4-6-12/h11-14H,3-10H2,1-2H3,(H,17,18). The molecule has 0 bridgehead atoms. The van der Waals surface area contributed by atoms with Crippen LogP contribution in [0.25, 0.3) is 0 Å². The van der Waals surface area contributed by atoms with E-state index in [-0.39, 0.29) is 12.0 Å². The Balaban J connectivity index is 1.96. The lowest BCUT2D eigenvalue weighted by atomic mass is 9.76. The van der Waals surface area contributed by atoms with Crippen molar-refractivity contribution in [1.29, 1.82) is 0 Å². The number of rotatable bonds is 5. The molecule has 104 valence electrons. The first-order valence-corrected chi connectivity index (χ1v) is 7.54. The number of carboxylic acids is 1. The van der Waals surface area contributed by atoms with Crippen molar-refractivity contribution in [3.05, 3.63) is 0 Å². The average Bonchev–Trinajstić information content (AvgIpc) is 2.32. The van der Waals surface area contributed by atoms with Crippen LogP contribution in [0, 0.1) is 17.8 Å². The van der Waals surface area contributed by atoms with Crippen LogP contribution >= 0.6 is 0 Å². The molecule has 0 aliphatic heterocycles. The highest BCUT2D eigenvalue weighted by Gasteiger charge is 2.37. The molecular formula is C15H27NO2. The number of hydrogen-bond donors (Lipinski definition) is 1. The Labute approximate surface area is 111 Å². The van der Waals surface area contributed by atoms with Crippen molar-refractivity contribution in [3.63, 3.8) is 0 Å². The second-order valence-electron chi connectivity index (χ2n) is 6.34. The lowest BCUT2D eigenvalue weighted by Gasteiger charge is -2.41. The highest BCUT2D eigenvalue weighted by molar-refractivity contribution is 5.71. The maximum absolute atomic E-state index is 11.4. The molecular weight excluding hydrogens is 226 g/mol. The van der Waals surface area contributed by atoms with Gasteiger partial charge in [-0.15, -0.1) is 0 Å². The summed E-state index contributed by atoms with van der Waals surface area (Å²) in [5.41, 5.74) is 0. The normalized spacial score (nSPS) is 33.4. The van der Waals surface area contributed by atoms with E-state index in [1.54, 1.807) is 0 Å². The summed E-state index contributed by atoms with van der Waals surface area (Å²) in [6.07, 6.45) is 8.28. The molecule has 0 heterocycles. The van der Waals surface area contributed by atoms with Crippen molar-refractivity contribution in [2.75, 3.05) is 13.6 Å². The largest absolute Gasteiger partial charge is 0.481 e. The molecule has 2 fully saturated rings. The van der Waals surface area contributed by atoms with Crippen molar-refractivity contribution in [2.45, 2.75) is 57.9 Å². The van der Waals surface area contributed by atoms with Crippen LogP contribution in [0.3, 0.4) is 0 Å². The van der Waals surface area contributed by atoms with E-state index in [1.807, 2.05) is 0 Å². The molecule has 2 saturated carbocycles. The summed E-state index contributed by atoms with van der Waals surface area (Å²) in [4.78, 5) is 13.8. The van der Waals surface area contributed by atoms with E-state index in [9.17, 15) is 9.90 Å². The Morgan fingerprint density at radius 2 is 1.94 bits per heavy atom. The predicted molar refractivity (Wildman–Crippen MR) is 72.5 cm³/mol. The van der Waals surface area contributed by atoms with Gasteiger partial charge in [-0.05, 0) is 51.0 Å².